The summed E-state index contributed by atoms with van der Waals surface area (Å²) in [6.07, 6.45) is 15.6. The molecular formula is C65H106N16O10. The zero-order chi connectivity index (χ0) is 67.3. The third kappa shape index (κ3) is 30.8. The molecule has 1 heterocycles. The first kappa shape index (κ1) is 76.9. The van der Waals surface area contributed by atoms with Crippen LogP contribution >= 0.6 is 0 Å². The molecule has 1 aliphatic heterocycles. The molecule has 0 unspecified atom stereocenters. The molecule has 19 N–H and O–H groups in total. The van der Waals surface area contributed by atoms with Gasteiger partial charge >= 0.3 is 0 Å². The van der Waals surface area contributed by atoms with Crippen LogP contribution in [0.1, 0.15) is 187 Å². The Bertz CT molecular complexity index is 2690. The van der Waals surface area contributed by atoms with E-state index in [4.69, 9.17) is 34.4 Å². The Morgan fingerprint density at radius 2 is 0.978 bits per heavy atom. The van der Waals surface area contributed by atoms with Gasteiger partial charge in [0.25, 0.3) is 0 Å². The fraction of sp³-hybridized carbons (Fsp3) is 0.631. The smallest absolute Gasteiger partial charge is 0.245 e. The van der Waals surface area contributed by atoms with Crippen LogP contribution in [0.3, 0.4) is 0 Å². The minimum absolute atomic E-state index is 0.0288. The average Bonchev–Trinajstić information content (AvgIpc) is 1.86. The van der Waals surface area contributed by atoms with Gasteiger partial charge in [-0.3, -0.25) is 57.9 Å². The summed E-state index contributed by atoms with van der Waals surface area (Å²) >= 11 is 0. The SMILES string of the molecule is CCCCCCCCCCCCCCCC(=O)NC(C)(C)C(=O)N[C@@H](Cc1ccccc1)C(=O)N[C@@H](CC(C)C)C(=O)N[C@@H](Cc1ccccc1)C(=O)N[C@@H](CCCN=C(N)N)C(=O)N1CCC[C@H]1C(=O)N[C@@H](CCCN=C(N)N)C(=O)N[C@@H](CC(N)=O)C(N)=O. The Hall–Kier alpha value is -8.32. The summed E-state index contributed by atoms with van der Waals surface area (Å²) in [5.41, 5.74) is 32.9. The number of rotatable bonds is 45. The topological polar surface area (TPSA) is 439 Å². The van der Waals surface area contributed by atoms with Crippen molar-refractivity contribution in [1.82, 2.24) is 42.1 Å². The van der Waals surface area contributed by atoms with Crippen LogP contribution in [0.4, 0.5) is 0 Å². The first-order valence-corrected chi connectivity index (χ1v) is 32.5. The Labute approximate surface area is 537 Å². The van der Waals surface area contributed by atoms with Crippen molar-refractivity contribution in [3.8, 4) is 0 Å². The van der Waals surface area contributed by atoms with Gasteiger partial charge in [0.2, 0.25) is 59.1 Å². The highest BCUT2D eigenvalue weighted by Gasteiger charge is 2.41. The van der Waals surface area contributed by atoms with Crippen LogP contribution in [0.25, 0.3) is 0 Å². The number of nitrogens with two attached hydrogens (primary N) is 6. The number of carbonyl (C=O) groups excluding carboxylic acids is 10. The fourth-order valence-electron chi connectivity index (χ4n) is 10.7. The molecule has 10 amide bonds. The van der Waals surface area contributed by atoms with Crippen LogP contribution in [0.2, 0.25) is 0 Å². The van der Waals surface area contributed by atoms with Crippen LogP contribution in [0.15, 0.2) is 70.6 Å². The lowest BCUT2D eigenvalue weighted by atomic mass is 9.98. The van der Waals surface area contributed by atoms with Crippen LogP contribution in [0, 0.1) is 5.92 Å². The van der Waals surface area contributed by atoms with E-state index >= 15 is 0 Å². The summed E-state index contributed by atoms with van der Waals surface area (Å²) < 4.78 is 0. The molecule has 0 aromatic heterocycles. The van der Waals surface area contributed by atoms with Crippen LogP contribution in [0.5, 0.6) is 0 Å². The number of hydrogen-bond acceptors (Lipinski definition) is 12. The predicted octanol–water partition coefficient (Wildman–Crippen LogP) is 2.26. The number of unbranched alkanes of at least 4 members (excludes halogenated alkanes) is 12. The lowest BCUT2D eigenvalue weighted by molar-refractivity contribution is -0.142. The van der Waals surface area contributed by atoms with Crippen molar-refractivity contribution < 1.29 is 47.9 Å². The van der Waals surface area contributed by atoms with Crippen LogP contribution in [-0.2, 0) is 60.8 Å². The summed E-state index contributed by atoms with van der Waals surface area (Å²) in [4.78, 5) is 148. The van der Waals surface area contributed by atoms with Gasteiger partial charge in [-0.1, -0.05) is 158 Å². The zero-order valence-corrected chi connectivity index (χ0v) is 54.4. The Morgan fingerprint density at radius 1 is 0.538 bits per heavy atom. The number of amides is 10. The number of nitrogens with zero attached hydrogens (tertiary/aromatic N) is 3. The molecule has 1 saturated heterocycles. The van der Waals surface area contributed by atoms with Crippen LogP contribution in [-0.4, -0.2) is 143 Å². The molecule has 0 bridgehead atoms. The second-order valence-corrected chi connectivity index (χ2v) is 24.7. The molecule has 0 saturated carbocycles. The molecule has 91 heavy (non-hydrogen) atoms. The molecule has 2 aromatic rings. The van der Waals surface area contributed by atoms with Crippen LogP contribution < -0.4 is 71.6 Å². The molecule has 1 aliphatic rings. The van der Waals surface area contributed by atoms with Crippen molar-refractivity contribution in [1.29, 1.82) is 0 Å². The van der Waals surface area contributed by atoms with E-state index in [1.54, 1.807) is 68.4 Å². The Kier molecular flexibility index (Phi) is 35.4. The van der Waals surface area contributed by atoms with Gasteiger partial charge in [0.1, 0.15) is 47.8 Å². The normalized spacial score (nSPS) is 14.9. The summed E-state index contributed by atoms with van der Waals surface area (Å²) in [6.45, 7) is 9.26. The van der Waals surface area contributed by atoms with Gasteiger partial charge in [-0.2, -0.15) is 0 Å². The highest BCUT2D eigenvalue weighted by Crippen LogP contribution is 2.22. The van der Waals surface area contributed by atoms with Gasteiger partial charge in [0.05, 0.1) is 6.42 Å². The average molecular weight is 1270 g/mol. The predicted molar refractivity (Wildman–Crippen MR) is 351 cm³/mol. The molecule has 1 fully saturated rings. The van der Waals surface area contributed by atoms with E-state index in [0.29, 0.717) is 24.0 Å². The van der Waals surface area contributed by atoms with Gasteiger partial charge in [-0.05, 0) is 82.3 Å². The van der Waals surface area contributed by atoms with Crippen molar-refractivity contribution in [2.24, 2.45) is 50.3 Å². The highest BCUT2D eigenvalue weighted by molar-refractivity contribution is 5.99. The maximum absolute atomic E-state index is 14.9. The monoisotopic (exact) mass is 1270 g/mol. The Balaban J connectivity index is 1.86. The van der Waals surface area contributed by atoms with Crippen molar-refractivity contribution in [2.45, 2.75) is 237 Å². The molecule has 7 atom stereocenters. The lowest BCUT2D eigenvalue weighted by Gasteiger charge is -2.31. The third-order valence-corrected chi connectivity index (χ3v) is 15.7. The number of primary amides is 2. The van der Waals surface area contributed by atoms with Crippen molar-refractivity contribution in [3.63, 3.8) is 0 Å². The summed E-state index contributed by atoms with van der Waals surface area (Å²) in [5.74, 6) is -7.95. The molecular weight excluding hydrogens is 1160 g/mol. The minimum atomic E-state index is -1.49. The molecule has 0 spiro atoms. The second-order valence-electron chi connectivity index (χ2n) is 24.7. The molecule has 506 valence electrons. The van der Waals surface area contributed by atoms with Gasteiger partial charge in [-0.25, -0.2) is 0 Å². The molecule has 2 aromatic carbocycles. The van der Waals surface area contributed by atoms with Gasteiger partial charge in [0.15, 0.2) is 11.9 Å². The van der Waals surface area contributed by atoms with E-state index in [9.17, 15) is 47.9 Å². The minimum Gasteiger partial charge on any atom is -0.370 e. The van der Waals surface area contributed by atoms with E-state index in [1.807, 2.05) is 19.9 Å². The fourth-order valence-corrected chi connectivity index (χ4v) is 10.7. The Morgan fingerprint density at radius 3 is 1.46 bits per heavy atom. The number of likely N-dealkylation sites (tertiary alicyclic amines) is 1. The van der Waals surface area contributed by atoms with Crippen molar-refractivity contribution >= 4 is 71.0 Å². The van der Waals surface area contributed by atoms with Gasteiger partial charge < -0.3 is 76.5 Å². The number of guanidine groups is 2. The summed E-state index contributed by atoms with van der Waals surface area (Å²) in [5, 5.41) is 19.3. The molecule has 26 heteroatoms. The van der Waals surface area contributed by atoms with E-state index < -0.39 is 107 Å². The number of nitrogens with one attached hydrogen (secondary N) is 7. The summed E-state index contributed by atoms with van der Waals surface area (Å²) in [7, 11) is 0. The van der Waals surface area contributed by atoms with Crippen molar-refractivity contribution in [3.05, 3.63) is 71.8 Å². The standard InChI is InChI=1S/C65H106N16O10/c1-6-7-8-9-10-11-12-13-14-15-16-17-24-35-54(83)80-65(4,5)62(91)79-51(41-45-30-22-19-23-31-45)59(88)77-49(39-43(2)3)57(86)78-50(40-44-28-20-18-21-29-44)58(87)75-47(33-26-37-73-64(70)71)61(90)81-38-27-34-52(81)60(89)74-46(32-25-36-72-63(68)69)56(85)76-48(55(67)84)42-53(66)82/h18-23,28-31,43,46-52H,6-17,24-27,32-42H2,1-5H3,(H2,66,82)(H2,67,84)(H,74,89)(H,75,87)(H,76,85)(H,77,88)(H,78,86)(H,79,91)(H,80,83)(H4,68,69,72)(H4,70,71,73)/t46-,47-,48-,49-,50-,51-,52-/m0/s1. The molecule has 3 rings (SSSR count). The number of hydrogen-bond donors (Lipinski definition) is 13. The first-order chi connectivity index (χ1) is 43.3. The first-order valence-electron chi connectivity index (χ1n) is 32.5. The molecule has 0 aliphatic carbocycles. The quantitative estimate of drug-likeness (QED) is 0.0257. The largest absolute Gasteiger partial charge is 0.370 e. The number of carbonyl (C=O) groups is 10. The van der Waals surface area contributed by atoms with E-state index in [2.05, 4.69) is 54.1 Å². The van der Waals surface area contributed by atoms with Gasteiger partial charge in [-0.15, -0.1) is 0 Å². The lowest BCUT2D eigenvalue weighted by Crippen LogP contribution is -2.62. The van der Waals surface area contributed by atoms with Crippen molar-refractivity contribution in [2.75, 3.05) is 19.6 Å². The van der Waals surface area contributed by atoms with E-state index in [1.165, 1.54) is 62.7 Å². The van der Waals surface area contributed by atoms with E-state index in [0.717, 1.165) is 19.3 Å². The second kappa shape index (κ2) is 41.9. The molecule has 0 radical (unpaired) electrons. The summed E-state index contributed by atoms with van der Waals surface area (Å²) in [6, 6.07) is 8.68. The van der Waals surface area contributed by atoms with E-state index in [-0.39, 0.29) is 101 Å². The number of aliphatic imine (C=N–C) groups is 2. The third-order valence-electron chi connectivity index (χ3n) is 15.7. The number of benzene rings is 2. The maximum Gasteiger partial charge on any atom is 0.245 e. The zero-order valence-electron chi connectivity index (χ0n) is 54.4. The molecule has 26 nitrogen and oxygen atoms in total. The highest BCUT2D eigenvalue weighted by atomic mass is 16.2. The maximum atomic E-state index is 14.9. The van der Waals surface area contributed by atoms with Gasteiger partial charge in [0, 0.05) is 38.9 Å².